The predicted octanol–water partition coefficient (Wildman–Crippen LogP) is 3.03. The van der Waals surface area contributed by atoms with Crippen LogP contribution in [0.15, 0.2) is 24.3 Å². The summed E-state index contributed by atoms with van der Waals surface area (Å²) in [6.45, 7) is 3.59. The molecule has 0 saturated heterocycles. The van der Waals surface area contributed by atoms with Gasteiger partial charge in [0.25, 0.3) is 5.91 Å². The number of carbonyl (C=O) groups is 1. The van der Waals surface area contributed by atoms with Gasteiger partial charge >= 0.3 is 0 Å². The third-order valence-electron chi connectivity index (χ3n) is 4.40. The van der Waals surface area contributed by atoms with Crippen LogP contribution in [0.25, 0.3) is 0 Å². The summed E-state index contributed by atoms with van der Waals surface area (Å²) in [5.41, 5.74) is 0.664. The highest BCUT2D eigenvalue weighted by atomic mass is 35.5. The number of halogens is 1. The average Bonchev–Trinajstić information content (AvgIpc) is 2.64. The maximum absolute atomic E-state index is 12.0. The number of carbonyl (C=O) groups excluding carboxylic acids is 1. The van der Waals surface area contributed by atoms with Gasteiger partial charge in [-0.05, 0) is 43.0 Å². The van der Waals surface area contributed by atoms with Crippen LogP contribution in [0.5, 0.6) is 5.75 Å². The molecule has 0 aliphatic heterocycles. The van der Waals surface area contributed by atoms with E-state index in [1.807, 2.05) is 24.3 Å². The quantitative estimate of drug-likeness (QED) is 0.621. The largest absolute Gasteiger partial charge is 0.493 e. The maximum Gasteiger partial charge on any atom is 0.251 e. The molecule has 1 saturated carbocycles. The zero-order valence-electron chi connectivity index (χ0n) is 15.1. The van der Waals surface area contributed by atoms with E-state index in [9.17, 15) is 4.79 Å². The smallest absolute Gasteiger partial charge is 0.251 e. The van der Waals surface area contributed by atoms with E-state index < -0.39 is 0 Å². The topological polar surface area (TPSA) is 59.6 Å². The fraction of sp³-hybridized carbons (Fsp3) is 0.632. The minimum Gasteiger partial charge on any atom is -0.493 e. The number of ether oxygens (including phenoxy) is 2. The Morgan fingerprint density at radius 1 is 1.08 bits per heavy atom. The molecule has 0 heterocycles. The number of amides is 1. The first kappa shape index (κ1) is 21.7. The van der Waals surface area contributed by atoms with Crippen LogP contribution in [-0.2, 0) is 4.74 Å². The Bertz CT molecular complexity index is 476. The molecule has 0 atom stereocenters. The van der Waals surface area contributed by atoms with Gasteiger partial charge in [0.1, 0.15) is 5.75 Å². The van der Waals surface area contributed by atoms with Gasteiger partial charge in [-0.3, -0.25) is 4.79 Å². The van der Waals surface area contributed by atoms with Crippen LogP contribution in [0, 0.1) is 5.92 Å². The van der Waals surface area contributed by atoms with Crippen molar-refractivity contribution in [3.05, 3.63) is 29.8 Å². The summed E-state index contributed by atoms with van der Waals surface area (Å²) in [5.74, 6) is 1.48. The second-order valence-corrected chi connectivity index (χ2v) is 6.34. The predicted molar refractivity (Wildman–Crippen MR) is 103 cm³/mol. The Morgan fingerprint density at radius 2 is 1.80 bits per heavy atom. The number of hydrogen-bond donors (Lipinski definition) is 2. The maximum atomic E-state index is 12.0. The highest BCUT2D eigenvalue weighted by Crippen LogP contribution is 2.24. The van der Waals surface area contributed by atoms with Gasteiger partial charge < -0.3 is 20.1 Å². The van der Waals surface area contributed by atoms with Gasteiger partial charge in [0.05, 0.1) is 13.2 Å². The molecule has 1 aliphatic carbocycles. The van der Waals surface area contributed by atoms with Crippen molar-refractivity contribution < 1.29 is 14.3 Å². The van der Waals surface area contributed by atoms with Gasteiger partial charge in [0.2, 0.25) is 0 Å². The summed E-state index contributed by atoms with van der Waals surface area (Å²) >= 11 is 0. The molecule has 1 aliphatic rings. The molecule has 1 aromatic carbocycles. The van der Waals surface area contributed by atoms with Crippen molar-refractivity contribution in [2.45, 2.75) is 32.1 Å². The fourth-order valence-electron chi connectivity index (χ4n) is 2.94. The third kappa shape index (κ3) is 8.56. The molecule has 6 heteroatoms. The average molecular weight is 371 g/mol. The van der Waals surface area contributed by atoms with E-state index in [4.69, 9.17) is 9.47 Å². The van der Waals surface area contributed by atoms with E-state index in [0.717, 1.165) is 25.4 Å². The second kappa shape index (κ2) is 13.0. The second-order valence-electron chi connectivity index (χ2n) is 6.34. The lowest BCUT2D eigenvalue weighted by molar-refractivity contribution is 0.0953. The zero-order valence-corrected chi connectivity index (χ0v) is 15.9. The molecule has 25 heavy (non-hydrogen) atoms. The van der Waals surface area contributed by atoms with Crippen LogP contribution >= 0.6 is 12.4 Å². The van der Waals surface area contributed by atoms with Crippen LogP contribution in [-0.4, -0.2) is 45.9 Å². The molecule has 142 valence electrons. The molecule has 0 aromatic heterocycles. The molecule has 1 fully saturated rings. The summed E-state index contributed by atoms with van der Waals surface area (Å²) in [6.07, 6.45) is 6.57. The third-order valence-corrected chi connectivity index (χ3v) is 4.40. The molecule has 0 unspecified atom stereocenters. The van der Waals surface area contributed by atoms with Gasteiger partial charge in [-0.1, -0.05) is 19.3 Å². The summed E-state index contributed by atoms with van der Waals surface area (Å²) in [7, 11) is 1.67. The summed E-state index contributed by atoms with van der Waals surface area (Å²) in [4.78, 5) is 12.0. The minimum atomic E-state index is -0.0534. The van der Waals surface area contributed by atoms with Crippen molar-refractivity contribution in [2.75, 3.05) is 40.0 Å². The van der Waals surface area contributed by atoms with E-state index >= 15 is 0 Å². The van der Waals surface area contributed by atoms with Crippen LogP contribution in [0.1, 0.15) is 42.5 Å². The lowest BCUT2D eigenvalue weighted by Crippen LogP contribution is -2.33. The van der Waals surface area contributed by atoms with E-state index in [-0.39, 0.29) is 18.3 Å². The fourth-order valence-corrected chi connectivity index (χ4v) is 2.94. The van der Waals surface area contributed by atoms with E-state index in [2.05, 4.69) is 10.6 Å². The van der Waals surface area contributed by atoms with Crippen molar-refractivity contribution in [1.29, 1.82) is 0 Å². The van der Waals surface area contributed by atoms with E-state index in [1.54, 1.807) is 7.11 Å². The molecule has 5 nitrogen and oxygen atoms in total. The first-order valence-corrected chi connectivity index (χ1v) is 9.00. The number of benzene rings is 1. The molecular formula is C19H31ClN2O3. The molecule has 0 bridgehead atoms. The van der Waals surface area contributed by atoms with Crippen LogP contribution < -0.4 is 15.4 Å². The Hall–Kier alpha value is -1.30. The number of nitrogens with one attached hydrogen (secondary N) is 2. The standard InChI is InChI=1S/C19H30N2O3.ClH/c1-23-14-13-20-11-12-21-19(22)17-7-9-18(10-8-17)24-15-16-5-3-2-4-6-16;/h7-10,16,20H,2-6,11-15H2,1H3,(H,21,22);1H. The van der Waals surface area contributed by atoms with Gasteiger partial charge in [-0.25, -0.2) is 0 Å². The van der Waals surface area contributed by atoms with Crippen LogP contribution in [0.4, 0.5) is 0 Å². The molecule has 0 spiro atoms. The minimum absolute atomic E-state index is 0. The van der Waals surface area contributed by atoms with Gasteiger partial charge in [0, 0.05) is 32.3 Å². The Kier molecular flexibility index (Phi) is 11.3. The van der Waals surface area contributed by atoms with Crippen LogP contribution in [0.3, 0.4) is 0 Å². The molecule has 1 aromatic rings. The Balaban J connectivity index is 0.00000312. The SMILES string of the molecule is COCCNCCNC(=O)c1ccc(OCC2CCCCC2)cc1.Cl. The summed E-state index contributed by atoms with van der Waals surface area (Å²) in [5, 5.41) is 6.09. The molecule has 2 N–H and O–H groups in total. The molecular weight excluding hydrogens is 340 g/mol. The highest BCUT2D eigenvalue weighted by Gasteiger charge is 2.14. The summed E-state index contributed by atoms with van der Waals surface area (Å²) < 4.78 is 10.8. The van der Waals surface area contributed by atoms with Gasteiger partial charge in [0.15, 0.2) is 0 Å². The lowest BCUT2D eigenvalue weighted by atomic mass is 9.90. The monoisotopic (exact) mass is 370 g/mol. The highest BCUT2D eigenvalue weighted by molar-refractivity contribution is 5.94. The molecule has 2 rings (SSSR count). The molecule has 1 amide bonds. The van der Waals surface area contributed by atoms with Crippen molar-refractivity contribution >= 4 is 18.3 Å². The number of methoxy groups -OCH3 is 1. The van der Waals surface area contributed by atoms with Crippen LogP contribution in [0.2, 0.25) is 0 Å². The molecule has 0 radical (unpaired) electrons. The van der Waals surface area contributed by atoms with Gasteiger partial charge in [-0.15, -0.1) is 12.4 Å². The number of rotatable bonds is 10. The van der Waals surface area contributed by atoms with Gasteiger partial charge in [-0.2, -0.15) is 0 Å². The van der Waals surface area contributed by atoms with Crippen molar-refractivity contribution in [1.82, 2.24) is 10.6 Å². The Labute approximate surface area is 157 Å². The first-order chi connectivity index (χ1) is 11.8. The Morgan fingerprint density at radius 3 is 2.48 bits per heavy atom. The lowest BCUT2D eigenvalue weighted by Gasteiger charge is -2.21. The van der Waals surface area contributed by atoms with Crippen molar-refractivity contribution in [2.24, 2.45) is 5.92 Å². The normalized spacial score (nSPS) is 14.6. The number of hydrogen-bond acceptors (Lipinski definition) is 4. The van der Waals surface area contributed by atoms with E-state index in [0.29, 0.717) is 24.6 Å². The zero-order chi connectivity index (χ0) is 17.0. The van der Waals surface area contributed by atoms with Crippen molar-refractivity contribution in [3.8, 4) is 5.75 Å². The first-order valence-electron chi connectivity index (χ1n) is 9.00. The van der Waals surface area contributed by atoms with E-state index in [1.165, 1.54) is 32.1 Å². The van der Waals surface area contributed by atoms with Crippen molar-refractivity contribution in [3.63, 3.8) is 0 Å². The summed E-state index contributed by atoms with van der Waals surface area (Å²) in [6, 6.07) is 7.41.